The molecule has 0 atom stereocenters. The smallest absolute Gasteiger partial charge is 0.275 e. The third-order valence-electron chi connectivity index (χ3n) is 5.11. The summed E-state index contributed by atoms with van der Waals surface area (Å²) in [5, 5.41) is 12.8. The second-order valence-electron chi connectivity index (χ2n) is 7.46. The van der Waals surface area contributed by atoms with E-state index in [9.17, 15) is 4.79 Å². The first kappa shape index (κ1) is 19.4. The molecule has 7 heteroatoms. The average molecular weight is 428 g/mol. The van der Waals surface area contributed by atoms with E-state index in [4.69, 9.17) is 5.10 Å². The molecule has 5 aromatic rings. The summed E-state index contributed by atoms with van der Waals surface area (Å²) >= 11 is 1.63. The van der Waals surface area contributed by atoms with Gasteiger partial charge in [-0.3, -0.25) is 9.69 Å². The van der Waals surface area contributed by atoms with Gasteiger partial charge in [-0.1, -0.05) is 42.5 Å². The molecule has 0 aliphatic heterocycles. The van der Waals surface area contributed by atoms with Crippen molar-refractivity contribution >= 4 is 22.1 Å². The zero-order valence-electron chi connectivity index (χ0n) is 17.0. The SMILES string of the molecule is CN(Cc1cnn(-c2ccccc2)c1)Cn1nc(-c2cccs2)c2ccccc2c1=O. The van der Waals surface area contributed by atoms with E-state index in [1.54, 1.807) is 16.0 Å². The van der Waals surface area contributed by atoms with Crippen LogP contribution in [0.2, 0.25) is 0 Å². The monoisotopic (exact) mass is 427 g/mol. The highest BCUT2D eigenvalue weighted by molar-refractivity contribution is 7.13. The van der Waals surface area contributed by atoms with Crippen molar-refractivity contribution in [1.29, 1.82) is 0 Å². The van der Waals surface area contributed by atoms with Crippen molar-refractivity contribution in [3.8, 4) is 16.3 Å². The fourth-order valence-electron chi connectivity index (χ4n) is 3.68. The molecular formula is C24H21N5OS. The van der Waals surface area contributed by atoms with E-state index in [0.717, 1.165) is 27.2 Å². The van der Waals surface area contributed by atoms with Crippen LogP contribution < -0.4 is 5.56 Å². The normalized spacial score (nSPS) is 11.4. The molecule has 0 fully saturated rings. The lowest BCUT2D eigenvalue weighted by atomic mass is 10.1. The molecule has 0 saturated heterocycles. The summed E-state index contributed by atoms with van der Waals surface area (Å²) in [6.07, 6.45) is 3.87. The largest absolute Gasteiger partial charge is 0.283 e. The Labute approximate surface area is 183 Å². The Bertz CT molecular complexity index is 1370. The molecule has 0 aliphatic rings. The van der Waals surface area contributed by atoms with Gasteiger partial charge in [0.2, 0.25) is 0 Å². The van der Waals surface area contributed by atoms with Gasteiger partial charge in [0.1, 0.15) is 5.69 Å². The fraction of sp³-hybridized carbons (Fsp3) is 0.125. The molecule has 0 saturated carbocycles. The Morgan fingerprint density at radius 2 is 1.74 bits per heavy atom. The van der Waals surface area contributed by atoms with Gasteiger partial charge in [-0.25, -0.2) is 9.36 Å². The number of nitrogens with zero attached hydrogens (tertiary/aromatic N) is 5. The van der Waals surface area contributed by atoms with Gasteiger partial charge in [0.25, 0.3) is 5.56 Å². The van der Waals surface area contributed by atoms with Crippen molar-refractivity contribution in [3.05, 3.63) is 100 Å². The highest BCUT2D eigenvalue weighted by Crippen LogP contribution is 2.28. The molecule has 0 unspecified atom stereocenters. The summed E-state index contributed by atoms with van der Waals surface area (Å²) in [5.41, 5.74) is 2.85. The second-order valence-corrected chi connectivity index (χ2v) is 8.41. The van der Waals surface area contributed by atoms with Gasteiger partial charge in [0, 0.05) is 23.7 Å². The lowest BCUT2D eigenvalue weighted by Gasteiger charge is -2.18. The van der Waals surface area contributed by atoms with E-state index in [1.165, 1.54) is 0 Å². The van der Waals surface area contributed by atoms with E-state index < -0.39 is 0 Å². The molecule has 2 aromatic carbocycles. The van der Waals surface area contributed by atoms with Crippen molar-refractivity contribution in [2.75, 3.05) is 7.05 Å². The van der Waals surface area contributed by atoms with Crippen molar-refractivity contribution in [2.24, 2.45) is 0 Å². The minimum atomic E-state index is -0.0808. The van der Waals surface area contributed by atoms with E-state index in [-0.39, 0.29) is 5.56 Å². The van der Waals surface area contributed by atoms with Crippen LogP contribution in [0.25, 0.3) is 27.0 Å². The number of thiophene rings is 1. The first-order valence-corrected chi connectivity index (χ1v) is 10.9. The first-order chi connectivity index (χ1) is 15.2. The molecule has 0 N–H and O–H groups in total. The van der Waals surface area contributed by atoms with E-state index in [0.29, 0.717) is 18.6 Å². The molecule has 0 amide bonds. The van der Waals surface area contributed by atoms with Crippen molar-refractivity contribution in [2.45, 2.75) is 13.2 Å². The molecule has 5 rings (SSSR count). The topological polar surface area (TPSA) is 56.0 Å². The first-order valence-electron chi connectivity index (χ1n) is 10.0. The maximum atomic E-state index is 13.1. The van der Waals surface area contributed by atoms with Crippen molar-refractivity contribution in [3.63, 3.8) is 0 Å². The Hall–Kier alpha value is -3.55. The molecule has 0 bridgehead atoms. The Balaban J connectivity index is 1.42. The lowest BCUT2D eigenvalue weighted by Crippen LogP contribution is -2.31. The van der Waals surface area contributed by atoms with Crippen LogP contribution in [0.5, 0.6) is 0 Å². The maximum Gasteiger partial charge on any atom is 0.275 e. The zero-order valence-corrected chi connectivity index (χ0v) is 17.9. The minimum absolute atomic E-state index is 0.0808. The minimum Gasteiger partial charge on any atom is -0.283 e. The quantitative estimate of drug-likeness (QED) is 0.403. The highest BCUT2D eigenvalue weighted by Gasteiger charge is 2.14. The standard InChI is InChI=1S/C24H21N5OS/c1-27(15-18-14-25-28(16-18)19-8-3-2-4-9-19)17-29-24(30)21-11-6-5-10-20(21)23(26-29)22-12-7-13-31-22/h2-14,16H,15,17H2,1H3. The van der Waals surface area contributed by atoms with Crippen LogP contribution in [0, 0.1) is 0 Å². The Morgan fingerprint density at radius 3 is 2.52 bits per heavy atom. The van der Waals surface area contributed by atoms with Gasteiger partial charge in [0.05, 0.1) is 28.8 Å². The second kappa shape index (κ2) is 8.29. The summed E-state index contributed by atoms with van der Waals surface area (Å²) in [7, 11) is 1.98. The van der Waals surface area contributed by atoms with Crippen LogP contribution in [0.3, 0.4) is 0 Å². The molecule has 0 aliphatic carbocycles. The number of hydrogen-bond donors (Lipinski definition) is 0. The van der Waals surface area contributed by atoms with Gasteiger partial charge in [-0.2, -0.15) is 10.2 Å². The predicted octanol–water partition coefficient (Wildman–Crippen LogP) is 4.40. The fourth-order valence-corrected chi connectivity index (χ4v) is 4.40. The molecule has 0 spiro atoms. The summed E-state index contributed by atoms with van der Waals surface area (Å²) in [5.74, 6) is 0. The average Bonchev–Trinajstić information content (AvgIpc) is 3.49. The number of hydrogen-bond acceptors (Lipinski definition) is 5. The van der Waals surface area contributed by atoms with E-state index in [2.05, 4.69) is 10.00 Å². The van der Waals surface area contributed by atoms with Crippen LogP contribution in [0.15, 0.2) is 89.3 Å². The summed E-state index contributed by atoms with van der Waals surface area (Å²) in [4.78, 5) is 16.2. The maximum absolute atomic E-state index is 13.1. The van der Waals surface area contributed by atoms with E-state index in [1.807, 2.05) is 96.2 Å². The number of rotatable bonds is 6. The molecule has 3 heterocycles. The van der Waals surface area contributed by atoms with E-state index >= 15 is 0 Å². The molecular weight excluding hydrogens is 406 g/mol. The molecule has 0 radical (unpaired) electrons. The number of fused-ring (bicyclic) bond motifs is 1. The predicted molar refractivity (Wildman–Crippen MR) is 124 cm³/mol. The molecule has 6 nitrogen and oxygen atoms in total. The number of benzene rings is 2. The summed E-state index contributed by atoms with van der Waals surface area (Å²) < 4.78 is 3.41. The van der Waals surface area contributed by atoms with Gasteiger partial charge in [0.15, 0.2) is 0 Å². The van der Waals surface area contributed by atoms with Gasteiger partial charge in [-0.05, 0) is 36.7 Å². The summed E-state index contributed by atoms with van der Waals surface area (Å²) in [6.45, 7) is 1.04. The molecule has 3 aromatic heterocycles. The van der Waals surface area contributed by atoms with Crippen LogP contribution in [-0.2, 0) is 13.2 Å². The molecule has 31 heavy (non-hydrogen) atoms. The van der Waals surface area contributed by atoms with Gasteiger partial charge in [-0.15, -0.1) is 11.3 Å². The number of para-hydroxylation sites is 1. The zero-order chi connectivity index (χ0) is 21.2. The van der Waals surface area contributed by atoms with Crippen LogP contribution in [0.1, 0.15) is 5.56 Å². The van der Waals surface area contributed by atoms with Crippen LogP contribution in [-0.4, -0.2) is 31.5 Å². The van der Waals surface area contributed by atoms with Gasteiger partial charge >= 0.3 is 0 Å². The Morgan fingerprint density at radius 1 is 0.968 bits per heavy atom. The molecule has 154 valence electrons. The lowest BCUT2D eigenvalue weighted by molar-refractivity contribution is 0.241. The van der Waals surface area contributed by atoms with Crippen molar-refractivity contribution < 1.29 is 0 Å². The third kappa shape index (κ3) is 3.93. The highest BCUT2D eigenvalue weighted by atomic mass is 32.1. The van der Waals surface area contributed by atoms with Crippen molar-refractivity contribution in [1.82, 2.24) is 24.5 Å². The number of aromatic nitrogens is 4. The van der Waals surface area contributed by atoms with Gasteiger partial charge < -0.3 is 0 Å². The summed E-state index contributed by atoms with van der Waals surface area (Å²) in [6, 6.07) is 21.7. The van der Waals surface area contributed by atoms with Crippen LogP contribution in [0.4, 0.5) is 0 Å². The van der Waals surface area contributed by atoms with Crippen LogP contribution >= 0.6 is 11.3 Å². The third-order valence-corrected chi connectivity index (χ3v) is 5.98. The Kier molecular flexibility index (Phi) is 5.19.